The number of para-hydroxylation sites is 1. The highest BCUT2D eigenvalue weighted by atomic mass is 16.5. The van der Waals surface area contributed by atoms with Gasteiger partial charge in [-0.05, 0) is 23.8 Å². The summed E-state index contributed by atoms with van der Waals surface area (Å²) in [5, 5.41) is 6.63. The number of anilines is 1. The molecule has 1 unspecified atom stereocenters. The maximum atomic E-state index is 12.8. The molecule has 0 bridgehead atoms. The van der Waals surface area contributed by atoms with E-state index in [2.05, 4.69) is 22.2 Å². The van der Waals surface area contributed by atoms with Gasteiger partial charge in [0, 0.05) is 42.2 Å². The molecule has 28 heavy (non-hydrogen) atoms. The number of fused-ring (bicyclic) bond motifs is 1. The van der Waals surface area contributed by atoms with E-state index in [1.807, 2.05) is 30.5 Å². The van der Waals surface area contributed by atoms with E-state index in [0.717, 1.165) is 16.5 Å². The lowest BCUT2D eigenvalue weighted by atomic mass is 10.0. The second-order valence-electron chi connectivity index (χ2n) is 6.43. The van der Waals surface area contributed by atoms with E-state index < -0.39 is 6.04 Å². The van der Waals surface area contributed by atoms with Gasteiger partial charge in [-0.25, -0.2) is 0 Å². The lowest BCUT2D eigenvalue weighted by Crippen LogP contribution is -2.44. The lowest BCUT2D eigenvalue weighted by molar-refractivity contribution is -0.125. The van der Waals surface area contributed by atoms with Crippen LogP contribution in [0.25, 0.3) is 10.9 Å². The van der Waals surface area contributed by atoms with Crippen molar-refractivity contribution in [2.75, 3.05) is 11.9 Å². The van der Waals surface area contributed by atoms with Crippen LogP contribution in [0.3, 0.4) is 0 Å². The minimum Gasteiger partial charge on any atom is -0.489 e. The van der Waals surface area contributed by atoms with E-state index >= 15 is 0 Å². The van der Waals surface area contributed by atoms with Crippen LogP contribution in [0.5, 0.6) is 5.75 Å². The third kappa shape index (κ3) is 4.79. The summed E-state index contributed by atoms with van der Waals surface area (Å²) in [6, 6.07) is 14.3. The predicted octanol–water partition coefficient (Wildman–Crippen LogP) is 3.42. The Morgan fingerprint density at radius 2 is 2.04 bits per heavy atom. The Bertz CT molecular complexity index is 993. The number of hydrogen-bond acceptors (Lipinski definition) is 3. The molecule has 0 radical (unpaired) electrons. The maximum Gasteiger partial charge on any atom is 0.247 e. The fourth-order valence-corrected chi connectivity index (χ4v) is 3.02. The van der Waals surface area contributed by atoms with Gasteiger partial charge in [-0.2, -0.15) is 0 Å². The van der Waals surface area contributed by atoms with E-state index in [1.54, 1.807) is 30.3 Å². The van der Waals surface area contributed by atoms with Gasteiger partial charge in [0.1, 0.15) is 18.4 Å². The van der Waals surface area contributed by atoms with Crippen LogP contribution in [0.15, 0.2) is 67.4 Å². The van der Waals surface area contributed by atoms with Crippen LogP contribution < -0.4 is 15.4 Å². The van der Waals surface area contributed by atoms with Crippen molar-refractivity contribution in [3.8, 4) is 5.75 Å². The Morgan fingerprint density at radius 3 is 2.82 bits per heavy atom. The molecule has 3 aromatic rings. The highest BCUT2D eigenvalue weighted by Crippen LogP contribution is 2.21. The quantitative estimate of drug-likeness (QED) is 0.526. The van der Waals surface area contributed by atoms with E-state index in [4.69, 9.17) is 4.74 Å². The summed E-state index contributed by atoms with van der Waals surface area (Å²) in [4.78, 5) is 27.7. The summed E-state index contributed by atoms with van der Waals surface area (Å²) >= 11 is 0. The van der Waals surface area contributed by atoms with Gasteiger partial charge in [-0.1, -0.05) is 36.9 Å². The number of aromatic amines is 1. The summed E-state index contributed by atoms with van der Waals surface area (Å²) in [6.07, 6.45) is 3.90. The van der Waals surface area contributed by atoms with Gasteiger partial charge in [0.2, 0.25) is 11.8 Å². The summed E-state index contributed by atoms with van der Waals surface area (Å²) < 4.78 is 5.49. The number of rotatable bonds is 8. The first-order valence-corrected chi connectivity index (χ1v) is 9.03. The summed E-state index contributed by atoms with van der Waals surface area (Å²) in [6.45, 7) is 5.40. The van der Waals surface area contributed by atoms with Crippen LogP contribution in [-0.2, 0) is 16.0 Å². The third-order valence-corrected chi connectivity index (χ3v) is 4.26. The normalized spacial score (nSPS) is 11.6. The molecule has 2 aromatic carbocycles. The molecule has 0 fully saturated rings. The number of carbonyl (C=O) groups excluding carboxylic acids is 2. The Hall–Kier alpha value is -3.54. The summed E-state index contributed by atoms with van der Waals surface area (Å²) in [7, 11) is 0. The molecule has 6 heteroatoms. The zero-order valence-electron chi connectivity index (χ0n) is 15.7. The molecule has 6 nitrogen and oxygen atoms in total. The SMILES string of the molecule is C=CCOc1cccc(NC(=O)C(Cc2c[nH]c3ccccc23)NC(C)=O)c1. The van der Waals surface area contributed by atoms with Gasteiger partial charge < -0.3 is 20.4 Å². The van der Waals surface area contributed by atoms with Crippen molar-refractivity contribution >= 4 is 28.4 Å². The zero-order chi connectivity index (χ0) is 19.9. The molecule has 0 spiro atoms. The molecule has 0 aliphatic heterocycles. The zero-order valence-corrected chi connectivity index (χ0v) is 15.7. The Labute approximate surface area is 163 Å². The van der Waals surface area contributed by atoms with Crippen molar-refractivity contribution in [2.45, 2.75) is 19.4 Å². The third-order valence-electron chi connectivity index (χ3n) is 4.26. The van der Waals surface area contributed by atoms with Crippen LogP contribution >= 0.6 is 0 Å². The van der Waals surface area contributed by atoms with E-state index in [-0.39, 0.29) is 11.8 Å². The molecule has 0 aliphatic rings. The van der Waals surface area contributed by atoms with Crippen molar-refractivity contribution in [1.29, 1.82) is 0 Å². The highest BCUT2D eigenvalue weighted by molar-refractivity contribution is 5.97. The van der Waals surface area contributed by atoms with E-state index in [1.165, 1.54) is 6.92 Å². The first-order chi connectivity index (χ1) is 13.6. The molecule has 3 rings (SSSR count). The van der Waals surface area contributed by atoms with Crippen LogP contribution in [0, 0.1) is 0 Å². The monoisotopic (exact) mass is 377 g/mol. The van der Waals surface area contributed by atoms with Crippen molar-refractivity contribution in [3.05, 3.63) is 72.9 Å². The minimum atomic E-state index is -0.700. The van der Waals surface area contributed by atoms with E-state index in [0.29, 0.717) is 24.5 Å². The molecular formula is C22H23N3O3. The molecule has 144 valence electrons. The molecule has 0 aliphatic carbocycles. The fraction of sp³-hybridized carbons (Fsp3) is 0.182. The minimum absolute atomic E-state index is 0.261. The maximum absolute atomic E-state index is 12.8. The molecule has 1 aromatic heterocycles. The molecular weight excluding hydrogens is 354 g/mol. The van der Waals surface area contributed by atoms with Gasteiger partial charge in [0.05, 0.1) is 0 Å². The first kappa shape index (κ1) is 19.2. The topological polar surface area (TPSA) is 83.2 Å². The summed E-state index contributed by atoms with van der Waals surface area (Å²) in [5.74, 6) is 0.0785. The van der Waals surface area contributed by atoms with Crippen LogP contribution in [-0.4, -0.2) is 29.4 Å². The summed E-state index contributed by atoms with van der Waals surface area (Å²) in [5.41, 5.74) is 2.56. The number of amides is 2. The Balaban J connectivity index is 1.76. The smallest absolute Gasteiger partial charge is 0.247 e. The molecule has 3 N–H and O–H groups in total. The van der Waals surface area contributed by atoms with Crippen molar-refractivity contribution in [3.63, 3.8) is 0 Å². The lowest BCUT2D eigenvalue weighted by Gasteiger charge is -2.18. The standard InChI is InChI=1S/C22H23N3O3/c1-3-11-28-18-8-6-7-17(13-18)25-22(27)21(24-15(2)26)12-16-14-23-20-10-5-4-9-19(16)20/h3-10,13-14,21,23H,1,11-12H2,2H3,(H,24,26)(H,25,27). The molecule has 1 atom stereocenters. The van der Waals surface area contributed by atoms with Crippen molar-refractivity contribution < 1.29 is 14.3 Å². The average Bonchev–Trinajstić information content (AvgIpc) is 3.09. The van der Waals surface area contributed by atoms with Gasteiger partial charge in [0.15, 0.2) is 0 Å². The Morgan fingerprint density at radius 1 is 1.21 bits per heavy atom. The molecule has 2 amide bonds. The Kier molecular flexibility index (Phi) is 6.11. The van der Waals surface area contributed by atoms with Gasteiger partial charge >= 0.3 is 0 Å². The second-order valence-corrected chi connectivity index (χ2v) is 6.43. The van der Waals surface area contributed by atoms with Crippen LogP contribution in [0.2, 0.25) is 0 Å². The number of H-pyrrole nitrogens is 1. The number of benzene rings is 2. The second kappa shape index (κ2) is 8.90. The molecule has 1 heterocycles. The van der Waals surface area contributed by atoms with Crippen LogP contribution in [0.4, 0.5) is 5.69 Å². The van der Waals surface area contributed by atoms with Crippen LogP contribution in [0.1, 0.15) is 12.5 Å². The number of carbonyl (C=O) groups is 2. The number of aromatic nitrogens is 1. The first-order valence-electron chi connectivity index (χ1n) is 9.03. The van der Waals surface area contributed by atoms with Crippen molar-refractivity contribution in [1.82, 2.24) is 10.3 Å². The highest BCUT2D eigenvalue weighted by Gasteiger charge is 2.21. The predicted molar refractivity (Wildman–Crippen MR) is 110 cm³/mol. The van der Waals surface area contributed by atoms with Gasteiger partial charge in [0.25, 0.3) is 0 Å². The average molecular weight is 377 g/mol. The van der Waals surface area contributed by atoms with E-state index in [9.17, 15) is 9.59 Å². The molecule has 0 saturated carbocycles. The number of nitrogens with one attached hydrogen (secondary N) is 3. The fourth-order valence-electron chi connectivity index (χ4n) is 3.02. The number of hydrogen-bond donors (Lipinski definition) is 3. The number of ether oxygens (including phenoxy) is 1. The van der Waals surface area contributed by atoms with Gasteiger partial charge in [-0.15, -0.1) is 0 Å². The van der Waals surface area contributed by atoms with Crippen molar-refractivity contribution in [2.24, 2.45) is 0 Å². The largest absolute Gasteiger partial charge is 0.489 e. The molecule has 0 saturated heterocycles. The van der Waals surface area contributed by atoms with Gasteiger partial charge in [-0.3, -0.25) is 9.59 Å².